The summed E-state index contributed by atoms with van der Waals surface area (Å²) in [6.45, 7) is 7.67. The van der Waals surface area contributed by atoms with Gasteiger partial charge in [0.15, 0.2) is 5.82 Å². The third kappa shape index (κ3) is 6.01. The van der Waals surface area contributed by atoms with Crippen LogP contribution in [0, 0.1) is 17.8 Å². The van der Waals surface area contributed by atoms with Gasteiger partial charge in [0.1, 0.15) is 5.56 Å². The van der Waals surface area contributed by atoms with Crippen LogP contribution < -0.4 is 4.90 Å². The van der Waals surface area contributed by atoms with Crippen LogP contribution in [0.5, 0.6) is 0 Å². The second-order valence-electron chi connectivity index (χ2n) is 10.3. The molecule has 0 radical (unpaired) electrons. The van der Waals surface area contributed by atoms with E-state index in [4.69, 9.17) is 4.74 Å². The molecule has 1 aromatic heterocycles. The lowest BCUT2D eigenvalue weighted by molar-refractivity contribution is -0.124. The molecule has 1 saturated carbocycles. The lowest BCUT2D eigenvalue weighted by atomic mass is 9.82. The fraction of sp³-hybridized carbons (Fsp3) is 0.536. The van der Waals surface area contributed by atoms with Crippen molar-refractivity contribution in [1.29, 1.82) is 0 Å². The fourth-order valence-electron chi connectivity index (χ4n) is 5.03. The Kier molecular flexibility index (Phi) is 8.06. The summed E-state index contributed by atoms with van der Waals surface area (Å²) in [7, 11) is 0. The van der Waals surface area contributed by atoms with Gasteiger partial charge in [0.05, 0.1) is 5.69 Å². The molecule has 0 bridgehead atoms. The monoisotopic (exact) mass is 479 g/mol. The van der Waals surface area contributed by atoms with Crippen molar-refractivity contribution >= 4 is 23.8 Å². The van der Waals surface area contributed by atoms with Gasteiger partial charge in [-0.15, -0.1) is 5.10 Å². The summed E-state index contributed by atoms with van der Waals surface area (Å²) in [6, 6.07) is 7.66. The topological polar surface area (TPSA) is 84.7 Å². The van der Waals surface area contributed by atoms with Gasteiger partial charge in [-0.2, -0.15) is 0 Å². The Morgan fingerprint density at radius 3 is 2.34 bits per heavy atom. The molecule has 2 heterocycles. The van der Waals surface area contributed by atoms with E-state index < -0.39 is 5.97 Å². The van der Waals surface area contributed by atoms with E-state index in [0.29, 0.717) is 11.8 Å². The molecule has 7 heteroatoms. The van der Waals surface area contributed by atoms with Crippen molar-refractivity contribution in [2.45, 2.75) is 65.3 Å². The number of hydrogen-bond donors (Lipinski definition) is 1. The predicted molar refractivity (Wildman–Crippen MR) is 137 cm³/mol. The molecule has 0 spiro atoms. The van der Waals surface area contributed by atoms with E-state index in [1.807, 2.05) is 38.1 Å². The van der Waals surface area contributed by atoms with Gasteiger partial charge in [-0.3, -0.25) is 9.69 Å². The average molecular weight is 480 g/mol. The highest BCUT2D eigenvalue weighted by Gasteiger charge is 2.34. The number of anilines is 1. The van der Waals surface area contributed by atoms with Crippen LogP contribution in [0.1, 0.15) is 75.2 Å². The first-order chi connectivity index (χ1) is 16.8. The number of hydrogen-bond acceptors (Lipinski definition) is 4. The molecular formula is C28H37N3O4. The van der Waals surface area contributed by atoms with E-state index in [1.165, 1.54) is 6.20 Å². The largest absolute Gasteiger partial charge is 0.477 e. The molecule has 1 amide bonds. The average Bonchev–Trinajstić information content (AvgIpc) is 3.29. The van der Waals surface area contributed by atoms with Gasteiger partial charge in [0.25, 0.3) is 0 Å². The Hall–Kier alpha value is -2.93. The second-order valence-corrected chi connectivity index (χ2v) is 10.3. The predicted octanol–water partition coefficient (Wildman–Crippen LogP) is 5.58. The summed E-state index contributed by atoms with van der Waals surface area (Å²) in [5.74, 6) is 0.213. The van der Waals surface area contributed by atoms with E-state index >= 15 is 0 Å². The Bertz CT molecular complexity index is 1040. The summed E-state index contributed by atoms with van der Waals surface area (Å²) in [6.07, 6.45) is 11.7. The molecule has 35 heavy (non-hydrogen) atoms. The molecule has 188 valence electrons. The minimum absolute atomic E-state index is 0.0201. The number of aromatic nitrogens is 2. The maximum atomic E-state index is 13.5. The van der Waals surface area contributed by atoms with E-state index in [9.17, 15) is 14.7 Å². The molecule has 1 aliphatic carbocycles. The first-order valence-corrected chi connectivity index (χ1v) is 12.9. The summed E-state index contributed by atoms with van der Waals surface area (Å²) < 4.78 is 6.99. The molecular weight excluding hydrogens is 442 g/mol. The lowest BCUT2D eigenvalue weighted by Gasteiger charge is -2.32. The Morgan fingerprint density at radius 1 is 1.09 bits per heavy atom. The van der Waals surface area contributed by atoms with Crippen LogP contribution in [0.2, 0.25) is 0 Å². The molecule has 2 aromatic rings. The SMILES string of the molecule is CC(C)N(c1nn(-c2ccc(C=CC3CCOCC3)cc2)cc1C(=O)O)C(=O)[C@H]1CC[C@H](C)CC1. The minimum Gasteiger partial charge on any atom is -0.477 e. The van der Waals surface area contributed by atoms with Crippen LogP contribution in [0.3, 0.4) is 0 Å². The van der Waals surface area contributed by atoms with Gasteiger partial charge in [-0.1, -0.05) is 31.2 Å². The van der Waals surface area contributed by atoms with Crippen LogP contribution in [0.15, 0.2) is 36.5 Å². The maximum Gasteiger partial charge on any atom is 0.341 e. The minimum atomic E-state index is -1.09. The first-order valence-electron chi connectivity index (χ1n) is 12.9. The number of carboxylic acid groups (broad SMARTS) is 1. The quantitative estimate of drug-likeness (QED) is 0.561. The standard InChI is InChI=1S/C28H37N3O4/c1-19(2)31(27(32)23-10-4-20(3)5-11-23)26-25(28(33)34)18-30(29-26)24-12-8-21(9-13-24)6-7-22-14-16-35-17-15-22/h6-9,12-13,18-20,22-23H,4-5,10-11,14-17H2,1-3H3,(H,33,34)/t20-,23-. The van der Waals surface area contributed by atoms with E-state index in [1.54, 1.807) is 9.58 Å². The van der Waals surface area contributed by atoms with E-state index in [0.717, 1.165) is 63.0 Å². The molecule has 1 N–H and O–H groups in total. The molecule has 4 rings (SSSR count). The number of ether oxygens (including phenoxy) is 1. The van der Waals surface area contributed by atoms with Gasteiger partial charge < -0.3 is 9.84 Å². The van der Waals surface area contributed by atoms with Gasteiger partial charge in [-0.05, 0) is 81.9 Å². The number of amides is 1. The molecule has 1 saturated heterocycles. The summed E-state index contributed by atoms with van der Waals surface area (Å²) in [4.78, 5) is 27.2. The number of aromatic carboxylic acids is 1. The first kappa shape index (κ1) is 25.2. The maximum absolute atomic E-state index is 13.5. The summed E-state index contributed by atoms with van der Waals surface area (Å²) in [5.41, 5.74) is 1.88. The zero-order valence-corrected chi connectivity index (χ0v) is 21.0. The number of rotatable bonds is 7. The van der Waals surface area contributed by atoms with Crippen molar-refractivity contribution in [2.75, 3.05) is 18.1 Å². The molecule has 7 nitrogen and oxygen atoms in total. The van der Waals surface area contributed by atoms with Gasteiger partial charge >= 0.3 is 5.97 Å². The summed E-state index contributed by atoms with van der Waals surface area (Å²) >= 11 is 0. The Labute approximate surface area is 207 Å². The Morgan fingerprint density at radius 2 is 1.74 bits per heavy atom. The normalized spacial score (nSPS) is 21.5. The van der Waals surface area contributed by atoms with Crippen molar-refractivity contribution in [1.82, 2.24) is 9.78 Å². The zero-order chi connectivity index (χ0) is 24.9. The molecule has 0 unspecified atom stereocenters. The van der Waals surface area contributed by atoms with Gasteiger partial charge in [-0.25, -0.2) is 9.48 Å². The highest BCUT2D eigenvalue weighted by atomic mass is 16.5. The molecule has 0 atom stereocenters. The fourth-order valence-corrected chi connectivity index (χ4v) is 5.03. The van der Waals surface area contributed by atoms with Crippen molar-refractivity contribution in [3.05, 3.63) is 47.7 Å². The van der Waals surface area contributed by atoms with Crippen LogP contribution in [-0.4, -0.2) is 46.0 Å². The zero-order valence-electron chi connectivity index (χ0n) is 21.0. The number of nitrogens with zero attached hydrogens (tertiary/aromatic N) is 3. The smallest absolute Gasteiger partial charge is 0.341 e. The molecule has 1 aliphatic heterocycles. The van der Waals surface area contributed by atoms with Crippen LogP contribution in [0.25, 0.3) is 11.8 Å². The van der Waals surface area contributed by atoms with Crippen molar-refractivity contribution in [2.24, 2.45) is 17.8 Å². The number of carbonyl (C=O) groups excluding carboxylic acids is 1. The van der Waals surface area contributed by atoms with Gasteiger partial charge in [0, 0.05) is 31.4 Å². The number of carbonyl (C=O) groups is 2. The summed E-state index contributed by atoms with van der Waals surface area (Å²) in [5, 5.41) is 14.5. The van der Waals surface area contributed by atoms with Crippen LogP contribution >= 0.6 is 0 Å². The van der Waals surface area contributed by atoms with Crippen molar-refractivity contribution in [3.63, 3.8) is 0 Å². The lowest BCUT2D eigenvalue weighted by Crippen LogP contribution is -2.43. The van der Waals surface area contributed by atoms with E-state index in [-0.39, 0.29) is 29.2 Å². The molecule has 1 aromatic carbocycles. The third-order valence-corrected chi connectivity index (χ3v) is 7.26. The highest BCUT2D eigenvalue weighted by Crippen LogP contribution is 2.32. The number of carboxylic acids is 1. The highest BCUT2D eigenvalue weighted by molar-refractivity contribution is 6.01. The third-order valence-electron chi connectivity index (χ3n) is 7.26. The van der Waals surface area contributed by atoms with Crippen molar-refractivity contribution in [3.8, 4) is 5.69 Å². The molecule has 2 fully saturated rings. The Balaban J connectivity index is 1.57. The van der Waals surface area contributed by atoms with Crippen molar-refractivity contribution < 1.29 is 19.4 Å². The van der Waals surface area contributed by atoms with Crippen LogP contribution in [-0.2, 0) is 9.53 Å². The number of allylic oxidation sites excluding steroid dienone is 1. The van der Waals surface area contributed by atoms with Gasteiger partial charge in [0.2, 0.25) is 5.91 Å². The second kappa shape index (κ2) is 11.2. The molecule has 2 aliphatic rings. The number of benzene rings is 1. The van der Waals surface area contributed by atoms with E-state index in [2.05, 4.69) is 24.2 Å². The van der Waals surface area contributed by atoms with Crippen LogP contribution in [0.4, 0.5) is 5.82 Å².